The third-order valence-electron chi connectivity index (χ3n) is 2.94. The number of nitrogens with zero attached hydrogens (tertiary/aromatic N) is 2. The minimum atomic E-state index is -0.406. The number of thiophene rings is 1. The molecule has 0 aliphatic heterocycles. The van der Waals surface area contributed by atoms with E-state index >= 15 is 0 Å². The van der Waals surface area contributed by atoms with Crippen molar-refractivity contribution in [2.75, 3.05) is 12.5 Å². The second-order valence-electron chi connectivity index (χ2n) is 4.44. The van der Waals surface area contributed by atoms with Crippen molar-refractivity contribution in [3.63, 3.8) is 0 Å². The predicted octanol–water partition coefficient (Wildman–Crippen LogP) is 4.10. The van der Waals surface area contributed by atoms with Gasteiger partial charge in [0.15, 0.2) is 0 Å². The molecule has 1 N–H and O–H groups in total. The van der Waals surface area contributed by atoms with E-state index in [1.807, 2.05) is 47.8 Å². The highest BCUT2D eigenvalue weighted by molar-refractivity contribution is 7.17. The van der Waals surface area contributed by atoms with Crippen LogP contribution >= 0.6 is 22.7 Å². The van der Waals surface area contributed by atoms with Crippen LogP contribution in [0.2, 0.25) is 0 Å². The molecule has 116 valence electrons. The molecular formula is C16H13N3O2S2. The molecule has 5 nitrogen and oxygen atoms in total. The Labute approximate surface area is 141 Å². The van der Waals surface area contributed by atoms with Gasteiger partial charge in [0.05, 0.1) is 19.0 Å². The van der Waals surface area contributed by atoms with Crippen LogP contribution in [0.3, 0.4) is 0 Å². The quantitative estimate of drug-likeness (QED) is 0.430. The molecular weight excluding hydrogens is 330 g/mol. The fraction of sp³-hybridized carbons (Fsp3) is 0.0625. The van der Waals surface area contributed by atoms with Gasteiger partial charge in [0, 0.05) is 10.4 Å². The molecule has 3 aromatic rings. The standard InChI is InChI=1S/C16H13N3O2S2/c1-21-15(20)14-13(11-6-3-2-4-7-11)18-16(23-14)19-17-10-12-8-5-9-22-12/h2-10H,1H3,(H,18,19)/b17-10-. The number of carbonyl (C=O) groups is 1. The molecule has 2 heterocycles. The van der Waals surface area contributed by atoms with Gasteiger partial charge >= 0.3 is 5.97 Å². The Hall–Kier alpha value is -2.51. The zero-order valence-electron chi connectivity index (χ0n) is 12.2. The highest BCUT2D eigenvalue weighted by Gasteiger charge is 2.19. The number of esters is 1. The van der Waals surface area contributed by atoms with Gasteiger partial charge in [-0.3, -0.25) is 5.43 Å². The van der Waals surface area contributed by atoms with Crippen LogP contribution in [0.4, 0.5) is 5.13 Å². The molecule has 0 radical (unpaired) electrons. The minimum absolute atomic E-state index is 0.406. The van der Waals surface area contributed by atoms with Crippen LogP contribution in [0.5, 0.6) is 0 Å². The van der Waals surface area contributed by atoms with Gasteiger partial charge in [0.1, 0.15) is 4.88 Å². The average molecular weight is 343 g/mol. The molecule has 0 spiro atoms. The Morgan fingerprint density at radius 3 is 2.78 bits per heavy atom. The number of benzene rings is 1. The highest BCUT2D eigenvalue weighted by Crippen LogP contribution is 2.31. The van der Waals surface area contributed by atoms with E-state index in [0.717, 1.165) is 10.4 Å². The lowest BCUT2D eigenvalue weighted by Gasteiger charge is -1.99. The summed E-state index contributed by atoms with van der Waals surface area (Å²) in [5, 5.41) is 6.67. The lowest BCUT2D eigenvalue weighted by molar-refractivity contribution is 0.0607. The topological polar surface area (TPSA) is 63.6 Å². The predicted molar refractivity (Wildman–Crippen MR) is 94.4 cm³/mol. The van der Waals surface area contributed by atoms with Crippen molar-refractivity contribution in [1.29, 1.82) is 0 Å². The van der Waals surface area contributed by atoms with Crippen LogP contribution in [0.1, 0.15) is 14.5 Å². The van der Waals surface area contributed by atoms with Gasteiger partial charge in [-0.05, 0) is 11.4 Å². The molecule has 0 bridgehead atoms. The zero-order valence-corrected chi connectivity index (χ0v) is 13.9. The maximum atomic E-state index is 12.0. The van der Waals surface area contributed by atoms with E-state index in [9.17, 15) is 4.79 Å². The van der Waals surface area contributed by atoms with E-state index in [1.165, 1.54) is 18.4 Å². The molecule has 7 heteroatoms. The van der Waals surface area contributed by atoms with E-state index in [-0.39, 0.29) is 0 Å². The normalized spacial score (nSPS) is 10.8. The van der Waals surface area contributed by atoms with Gasteiger partial charge < -0.3 is 4.74 Å². The van der Waals surface area contributed by atoms with Crippen LogP contribution < -0.4 is 5.43 Å². The van der Waals surface area contributed by atoms with Crippen molar-refractivity contribution in [3.8, 4) is 11.3 Å². The molecule has 0 fully saturated rings. The van der Waals surface area contributed by atoms with E-state index in [4.69, 9.17) is 4.74 Å². The number of methoxy groups -OCH3 is 1. The Bertz CT molecular complexity index is 811. The summed E-state index contributed by atoms with van der Waals surface area (Å²) in [6.07, 6.45) is 1.71. The monoisotopic (exact) mass is 343 g/mol. The molecule has 0 saturated carbocycles. The number of rotatable bonds is 5. The number of anilines is 1. The molecule has 0 amide bonds. The molecule has 0 atom stereocenters. The van der Waals surface area contributed by atoms with Gasteiger partial charge in [0.25, 0.3) is 0 Å². The van der Waals surface area contributed by atoms with E-state index in [2.05, 4.69) is 15.5 Å². The largest absolute Gasteiger partial charge is 0.465 e. The Kier molecular flexibility index (Phi) is 4.80. The molecule has 0 unspecified atom stereocenters. The van der Waals surface area contributed by atoms with Crippen molar-refractivity contribution in [2.45, 2.75) is 0 Å². The lowest BCUT2D eigenvalue weighted by Crippen LogP contribution is -2.00. The lowest BCUT2D eigenvalue weighted by atomic mass is 10.1. The Morgan fingerprint density at radius 1 is 1.26 bits per heavy atom. The first kappa shape index (κ1) is 15.4. The van der Waals surface area contributed by atoms with Gasteiger partial charge in [-0.1, -0.05) is 47.7 Å². The first-order valence-corrected chi connectivity index (χ1v) is 8.44. The van der Waals surface area contributed by atoms with Gasteiger partial charge in [0.2, 0.25) is 5.13 Å². The SMILES string of the molecule is COC(=O)c1sc(N/N=C\c2cccs2)nc1-c1ccccc1. The van der Waals surface area contributed by atoms with Crippen LogP contribution in [0, 0.1) is 0 Å². The first-order valence-electron chi connectivity index (χ1n) is 6.75. The number of ether oxygens (including phenoxy) is 1. The van der Waals surface area contributed by atoms with Crippen molar-refractivity contribution in [3.05, 3.63) is 57.6 Å². The summed E-state index contributed by atoms with van der Waals surface area (Å²) >= 11 is 2.81. The summed E-state index contributed by atoms with van der Waals surface area (Å²) in [4.78, 5) is 17.9. The maximum absolute atomic E-state index is 12.0. The third-order valence-corrected chi connectivity index (χ3v) is 4.69. The van der Waals surface area contributed by atoms with Crippen LogP contribution in [-0.2, 0) is 4.74 Å². The smallest absolute Gasteiger partial charge is 0.350 e. The number of hydrogen-bond donors (Lipinski definition) is 1. The van der Waals surface area contributed by atoms with Crippen LogP contribution in [0.25, 0.3) is 11.3 Å². The second kappa shape index (κ2) is 7.17. The molecule has 2 aromatic heterocycles. The average Bonchev–Trinajstić information content (AvgIpc) is 3.25. The molecule has 0 aliphatic rings. The summed E-state index contributed by atoms with van der Waals surface area (Å²) in [6, 6.07) is 13.4. The summed E-state index contributed by atoms with van der Waals surface area (Å²) in [7, 11) is 1.36. The Balaban J connectivity index is 1.87. The van der Waals surface area contributed by atoms with Crippen molar-refractivity contribution in [2.24, 2.45) is 5.10 Å². The molecule has 1 aromatic carbocycles. The van der Waals surface area contributed by atoms with Gasteiger partial charge in [-0.25, -0.2) is 9.78 Å². The summed E-state index contributed by atoms with van der Waals surface area (Å²) in [5.74, 6) is -0.406. The fourth-order valence-electron chi connectivity index (χ4n) is 1.91. The summed E-state index contributed by atoms with van der Waals surface area (Å²) < 4.78 is 4.84. The van der Waals surface area contributed by atoms with Crippen molar-refractivity contribution in [1.82, 2.24) is 4.98 Å². The Morgan fingerprint density at radius 2 is 2.09 bits per heavy atom. The molecule has 23 heavy (non-hydrogen) atoms. The number of thiazole rings is 1. The van der Waals surface area contributed by atoms with E-state index in [1.54, 1.807) is 17.6 Å². The van der Waals surface area contributed by atoms with Gasteiger partial charge in [-0.15, -0.1) is 11.3 Å². The summed E-state index contributed by atoms with van der Waals surface area (Å²) in [5.41, 5.74) is 4.32. The summed E-state index contributed by atoms with van der Waals surface area (Å²) in [6.45, 7) is 0. The number of carbonyl (C=O) groups excluding carboxylic acids is 1. The molecule has 3 rings (SSSR count). The van der Waals surface area contributed by atoms with Crippen molar-refractivity contribution < 1.29 is 9.53 Å². The van der Waals surface area contributed by atoms with Crippen LogP contribution in [-0.4, -0.2) is 24.3 Å². The minimum Gasteiger partial charge on any atom is -0.465 e. The second-order valence-corrected chi connectivity index (χ2v) is 6.42. The third kappa shape index (κ3) is 3.64. The fourth-order valence-corrected chi connectivity index (χ4v) is 3.35. The number of hydrogen-bond acceptors (Lipinski definition) is 7. The highest BCUT2D eigenvalue weighted by atomic mass is 32.1. The van der Waals surface area contributed by atoms with E-state index < -0.39 is 5.97 Å². The number of nitrogens with one attached hydrogen (secondary N) is 1. The molecule has 0 aliphatic carbocycles. The first-order chi connectivity index (χ1) is 11.3. The molecule has 0 saturated heterocycles. The maximum Gasteiger partial charge on any atom is 0.350 e. The number of aromatic nitrogens is 1. The van der Waals surface area contributed by atoms with Gasteiger partial charge in [-0.2, -0.15) is 5.10 Å². The van der Waals surface area contributed by atoms with Crippen molar-refractivity contribution >= 4 is 40.0 Å². The van der Waals surface area contributed by atoms with E-state index in [0.29, 0.717) is 15.7 Å². The zero-order chi connectivity index (χ0) is 16.1. The number of hydrazone groups is 1. The van der Waals surface area contributed by atoms with Crippen LogP contribution in [0.15, 0.2) is 52.9 Å².